The third-order valence-electron chi connectivity index (χ3n) is 5.75. The number of carbonyl (C=O) groups is 2. The first-order chi connectivity index (χ1) is 15.7. The lowest BCUT2D eigenvalue weighted by molar-refractivity contribution is 0.0918. The third kappa shape index (κ3) is 5.11. The van der Waals surface area contributed by atoms with Crippen LogP contribution in [0.25, 0.3) is 0 Å². The van der Waals surface area contributed by atoms with Gasteiger partial charge in [-0.25, -0.2) is 4.79 Å². The van der Waals surface area contributed by atoms with Crippen LogP contribution in [0.5, 0.6) is 5.75 Å². The predicted octanol–water partition coefficient (Wildman–Crippen LogP) is 4.45. The summed E-state index contributed by atoms with van der Waals surface area (Å²) in [5, 5.41) is 10.0. The van der Waals surface area contributed by atoms with Crippen molar-refractivity contribution in [1.82, 2.24) is 15.5 Å². The highest BCUT2D eigenvalue weighted by molar-refractivity contribution is 7.08. The number of carbonyl (C=O) groups excluding carboxylic acids is 2. The van der Waals surface area contributed by atoms with Gasteiger partial charge in [-0.15, -0.1) is 0 Å². The minimum Gasteiger partial charge on any atom is -0.496 e. The number of thiophene rings is 1. The SMILES string of the molecule is COc1ccccc1C(NC(=O)N1CCC(NC(=O)c2ccsc2)CC1)c1ccccc1. The van der Waals surface area contributed by atoms with E-state index in [1.54, 1.807) is 7.11 Å². The molecule has 1 unspecified atom stereocenters. The van der Waals surface area contributed by atoms with E-state index >= 15 is 0 Å². The minimum absolute atomic E-state index is 0.0468. The summed E-state index contributed by atoms with van der Waals surface area (Å²) in [5.74, 6) is 0.686. The molecule has 0 radical (unpaired) electrons. The summed E-state index contributed by atoms with van der Waals surface area (Å²) in [6.07, 6.45) is 1.46. The van der Waals surface area contributed by atoms with Crippen molar-refractivity contribution < 1.29 is 14.3 Å². The molecule has 0 spiro atoms. The van der Waals surface area contributed by atoms with E-state index in [-0.39, 0.29) is 24.0 Å². The van der Waals surface area contributed by atoms with Crippen LogP contribution >= 0.6 is 11.3 Å². The Hall–Kier alpha value is -3.32. The maximum absolute atomic E-state index is 13.2. The smallest absolute Gasteiger partial charge is 0.318 e. The quantitative estimate of drug-likeness (QED) is 0.584. The summed E-state index contributed by atoms with van der Waals surface area (Å²) in [4.78, 5) is 27.3. The number of likely N-dealkylation sites (tertiary alicyclic amines) is 1. The molecule has 1 atom stereocenters. The molecule has 1 saturated heterocycles. The van der Waals surface area contributed by atoms with Crippen LogP contribution in [0, 0.1) is 0 Å². The van der Waals surface area contributed by atoms with Crippen molar-refractivity contribution in [2.24, 2.45) is 0 Å². The zero-order chi connectivity index (χ0) is 22.3. The van der Waals surface area contributed by atoms with E-state index in [2.05, 4.69) is 10.6 Å². The normalized spacial score (nSPS) is 15.1. The van der Waals surface area contributed by atoms with E-state index < -0.39 is 0 Å². The number of hydrogen-bond donors (Lipinski definition) is 2. The van der Waals surface area contributed by atoms with Crippen LogP contribution in [0.1, 0.15) is 40.4 Å². The van der Waals surface area contributed by atoms with Gasteiger partial charge in [-0.3, -0.25) is 4.79 Å². The molecule has 2 N–H and O–H groups in total. The van der Waals surface area contributed by atoms with Gasteiger partial charge < -0.3 is 20.3 Å². The Kier molecular flexibility index (Phi) is 7.07. The monoisotopic (exact) mass is 449 g/mol. The molecular weight excluding hydrogens is 422 g/mol. The van der Waals surface area contributed by atoms with Gasteiger partial charge in [0.05, 0.1) is 13.2 Å². The van der Waals surface area contributed by atoms with Crippen LogP contribution in [-0.4, -0.2) is 43.1 Å². The molecule has 0 aliphatic carbocycles. The van der Waals surface area contributed by atoms with Crippen molar-refractivity contribution in [2.45, 2.75) is 24.9 Å². The Morgan fingerprint density at radius 2 is 1.75 bits per heavy atom. The molecule has 1 aliphatic heterocycles. The number of methoxy groups -OCH3 is 1. The van der Waals surface area contributed by atoms with Crippen LogP contribution in [0.15, 0.2) is 71.4 Å². The largest absolute Gasteiger partial charge is 0.496 e. The number of nitrogens with zero attached hydrogens (tertiary/aromatic N) is 1. The number of ether oxygens (including phenoxy) is 1. The average Bonchev–Trinajstić information content (AvgIpc) is 3.39. The number of hydrogen-bond acceptors (Lipinski definition) is 4. The van der Waals surface area contributed by atoms with Crippen molar-refractivity contribution in [1.29, 1.82) is 0 Å². The summed E-state index contributed by atoms with van der Waals surface area (Å²) in [7, 11) is 1.64. The number of urea groups is 1. The molecular formula is C25H27N3O3S. The Labute approximate surface area is 192 Å². The molecule has 3 aromatic rings. The lowest BCUT2D eigenvalue weighted by Gasteiger charge is -2.34. The lowest BCUT2D eigenvalue weighted by atomic mass is 9.97. The van der Waals surface area contributed by atoms with Crippen LogP contribution in [-0.2, 0) is 0 Å². The molecule has 7 heteroatoms. The molecule has 6 nitrogen and oxygen atoms in total. The lowest BCUT2D eigenvalue weighted by Crippen LogP contribution is -2.50. The van der Waals surface area contributed by atoms with Crippen molar-refractivity contribution in [3.63, 3.8) is 0 Å². The van der Waals surface area contributed by atoms with Crippen molar-refractivity contribution in [3.05, 3.63) is 88.1 Å². The second-order valence-corrected chi connectivity index (χ2v) is 8.56. The Morgan fingerprint density at radius 3 is 2.44 bits per heavy atom. The first kappa shape index (κ1) is 21.9. The zero-order valence-corrected chi connectivity index (χ0v) is 18.8. The van der Waals surface area contributed by atoms with Gasteiger partial charge in [0.25, 0.3) is 5.91 Å². The molecule has 1 fully saturated rings. The molecule has 1 aliphatic rings. The molecule has 3 amide bonds. The first-order valence-electron chi connectivity index (χ1n) is 10.7. The molecule has 32 heavy (non-hydrogen) atoms. The predicted molar refractivity (Wildman–Crippen MR) is 126 cm³/mol. The molecule has 166 valence electrons. The van der Waals surface area contributed by atoms with Crippen LogP contribution < -0.4 is 15.4 Å². The van der Waals surface area contributed by atoms with Crippen LogP contribution in [0.2, 0.25) is 0 Å². The fourth-order valence-electron chi connectivity index (χ4n) is 4.00. The Morgan fingerprint density at radius 1 is 1.03 bits per heavy atom. The second kappa shape index (κ2) is 10.3. The molecule has 2 aromatic carbocycles. The topological polar surface area (TPSA) is 70.7 Å². The minimum atomic E-state index is -0.323. The average molecular weight is 450 g/mol. The molecule has 2 heterocycles. The highest BCUT2D eigenvalue weighted by atomic mass is 32.1. The highest BCUT2D eigenvalue weighted by Crippen LogP contribution is 2.30. The number of para-hydroxylation sites is 1. The van der Waals surface area contributed by atoms with Gasteiger partial charge in [-0.05, 0) is 35.9 Å². The highest BCUT2D eigenvalue weighted by Gasteiger charge is 2.27. The Bertz CT molecular complexity index is 1030. The van der Waals surface area contributed by atoms with Gasteiger partial charge in [-0.1, -0.05) is 48.5 Å². The zero-order valence-electron chi connectivity index (χ0n) is 18.0. The standard InChI is InChI=1S/C25H27N3O3S/c1-31-22-10-6-5-9-21(22)23(18-7-3-2-4-8-18)27-25(30)28-14-11-20(12-15-28)26-24(29)19-13-16-32-17-19/h2-10,13,16-17,20,23H,11-12,14-15H2,1H3,(H,26,29)(H,27,30). The van der Waals surface area contributed by atoms with Crippen molar-refractivity contribution >= 4 is 23.3 Å². The first-order valence-corrected chi connectivity index (χ1v) is 11.7. The van der Waals surface area contributed by atoms with Gasteiger partial charge in [0.15, 0.2) is 0 Å². The van der Waals surface area contributed by atoms with Crippen LogP contribution in [0.4, 0.5) is 4.79 Å². The van der Waals surface area contributed by atoms with Gasteiger partial charge in [0.2, 0.25) is 0 Å². The van der Waals surface area contributed by atoms with Gasteiger partial charge >= 0.3 is 6.03 Å². The van der Waals surface area contributed by atoms with Gasteiger partial charge in [0.1, 0.15) is 5.75 Å². The fourth-order valence-corrected chi connectivity index (χ4v) is 4.63. The summed E-state index contributed by atoms with van der Waals surface area (Å²) in [6, 6.07) is 19.1. The van der Waals surface area contributed by atoms with E-state index in [9.17, 15) is 9.59 Å². The van der Waals surface area contributed by atoms with E-state index in [0.717, 1.165) is 29.7 Å². The number of rotatable bonds is 6. The summed E-state index contributed by atoms with van der Waals surface area (Å²) >= 11 is 1.51. The number of amides is 3. The maximum Gasteiger partial charge on any atom is 0.318 e. The molecule has 4 rings (SSSR count). The van der Waals surface area contributed by atoms with E-state index in [1.165, 1.54) is 11.3 Å². The second-order valence-electron chi connectivity index (χ2n) is 7.78. The van der Waals surface area contributed by atoms with Crippen molar-refractivity contribution in [3.8, 4) is 5.75 Å². The number of benzene rings is 2. The molecule has 0 saturated carbocycles. The van der Waals surface area contributed by atoms with Gasteiger partial charge in [0, 0.05) is 35.6 Å². The van der Waals surface area contributed by atoms with E-state index in [4.69, 9.17) is 4.74 Å². The molecule has 0 bridgehead atoms. The number of piperidine rings is 1. The summed E-state index contributed by atoms with van der Waals surface area (Å²) in [5.41, 5.74) is 2.59. The van der Waals surface area contributed by atoms with Gasteiger partial charge in [-0.2, -0.15) is 11.3 Å². The molecule has 1 aromatic heterocycles. The fraction of sp³-hybridized carbons (Fsp3) is 0.280. The number of nitrogens with one attached hydrogen (secondary N) is 2. The summed E-state index contributed by atoms with van der Waals surface area (Å²) < 4.78 is 5.55. The van der Waals surface area contributed by atoms with E-state index in [1.807, 2.05) is 76.3 Å². The third-order valence-corrected chi connectivity index (χ3v) is 6.43. The maximum atomic E-state index is 13.2. The van der Waals surface area contributed by atoms with Crippen molar-refractivity contribution in [2.75, 3.05) is 20.2 Å². The van der Waals surface area contributed by atoms with Crippen LogP contribution in [0.3, 0.4) is 0 Å². The Balaban J connectivity index is 1.41. The van der Waals surface area contributed by atoms with E-state index in [0.29, 0.717) is 18.7 Å². The summed E-state index contributed by atoms with van der Waals surface area (Å²) in [6.45, 7) is 1.18.